The Kier molecular flexibility index (Phi) is 5.32. The maximum Gasteiger partial charge on any atom is 0.409 e. The molecular formula is C21H25F3N2O2. The van der Waals surface area contributed by atoms with E-state index in [1.807, 2.05) is 13.8 Å². The molecule has 7 heteroatoms. The number of benzene rings is 2. The number of carbonyl (C=O) groups is 1. The first kappa shape index (κ1) is 20.5. The maximum absolute atomic E-state index is 14.2. The van der Waals surface area contributed by atoms with Crippen molar-refractivity contribution < 1.29 is 22.7 Å². The standard InChI is InChI=1S/C21H25F3N2O2/c1-13(2)11-28-16-10-6-8-14-7-5-9-15(17(14)16)18(21(22,23)24)26-12-20(3,4)19(27)25-26/h5-10,13,18H,11-12H2,1-4H3,(H,25,27). The van der Waals surface area contributed by atoms with Gasteiger partial charge in [-0.05, 0) is 36.8 Å². The second-order valence-corrected chi connectivity index (χ2v) is 8.30. The molecule has 0 aromatic heterocycles. The van der Waals surface area contributed by atoms with Gasteiger partial charge in [-0.2, -0.15) is 13.2 Å². The lowest BCUT2D eigenvalue weighted by molar-refractivity contribution is -0.191. The van der Waals surface area contributed by atoms with Crippen molar-refractivity contribution in [2.75, 3.05) is 13.2 Å². The van der Waals surface area contributed by atoms with Crippen LogP contribution in [0.1, 0.15) is 39.3 Å². The van der Waals surface area contributed by atoms with E-state index in [1.165, 1.54) is 6.07 Å². The number of alkyl halides is 3. The van der Waals surface area contributed by atoms with Crippen LogP contribution in [0, 0.1) is 11.3 Å². The molecule has 1 aliphatic heterocycles. The predicted molar refractivity (Wildman–Crippen MR) is 102 cm³/mol. The van der Waals surface area contributed by atoms with Crippen LogP contribution >= 0.6 is 0 Å². The number of ether oxygens (including phenoxy) is 1. The van der Waals surface area contributed by atoms with Crippen molar-refractivity contribution in [2.24, 2.45) is 11.3 Å². The number of halogens is 3. The van der Waals surface area contributed by atoms with Crippen LogP contribution in [0.25, 0.3) is 10.8 Å². The van der Waals surface area contributed by atoms with Crippen LogP contribution in [-0.4, -0.2) is 30.2 Å². The SMILES string of the molecule is CC(C)COc1cccc2cccc(C(N3CC(C)(C)C(=O)N3)C(F)(F)F)c12. The minimum absolute atomic E-state index is 0.0403. The summed E-state index contributed by atoms with van der Waals surface area (Å²) >= 11 is 0. The zero-order valence-electron chi connectivity index (χ0n) is 16.4. The molecule has 0 bridgehead atoms. The summed E-state index contributed by atoms with van der Waals surface area (Å²) in [6.45, 7) is 7.59. The van der Waals surface area contributed by atoms with Gasteiger partial charge in [0.1, 0.15) is 5.75 Å². The third kappa shape index (κ3) is 3.94. The van der Waals surface area contributed by atoms with E-state index in [0.717, 1.165) is 5.01 Å². The molecule has 28 heavy (non-hydrogen) atoms. The van der Waals surface area contributed by atoms with Crippen LogP contribution in [-0.2, 0) is 4.79 Å². The third-order valence-electron chi connectivity index (χ3n) is 4.81. The smallest absolute Gasteiger partial charge is 0.409 e. The number of nitrogens with one attached hydrogen (secondary N) is 1. The fourth-order valence-electron chi connectivity index (χ4n) is 3.43. The van der Waals surface area contributed by atoms with Gasteiger partial charge in [0.2, 0.25) is 5.91 Å². The van der Waals surface area contributed by atoms with Crippen molar-refractivity contribution in [1.82, 2.24) is 10.4 Å². The van der Waals surface area contributed by atoms with Crippen LogP contribution in [0.5, 0.6) is 5.75 Å². The second kappa shape index (κ2) is 7.28. The van der Waals surface area contributed by atoms with E-state index in [4.69, 9.17) is 4.74 Å². The monoisotopic (exact) mass is 394 g/mol. The Morgan fingerprint density at radius 3 is 2.36 bits per heavy atom. The van der Waals surface area contributed by atoms with Gasteiger partial charge in [0.05, 0.1) is 12.0 Å². The van der Waals surface area contributed by atoms with Gasteiger partial charge in [-0.25, -0.2) is 5.01 Å². The molecular weight excluding hydrogens is 369 g/mol. The van der Waals surface area contributed by atoms with Gasteiger partial charge < -0.3 is 4.74 Å². The summed E-state index contributed by atoms with van der Waals surface area (Å²) in [5, 5.41) is 2.08. The number of carbonyl (C=O) groups excluding carboxylic acids is 1. The highest BCUT2D eigenvalue weighted by molar-refractivity contribution is 5.92. The number of amides is 1. The zero-order valence-corrected chi connectivity index (χ0v) is 16.4. The molecule has 1 fully saturated rings. The minimum Gasteiger partial charge on any atom is -0.493 e. The molecule has 0 aliphatic carbocycles. The Balaban J connectivity index is 2.14. The van der Waals surface area contributed by atoms with Crippen LogP contribution in [0.4, 0.5) is 13.2 Å². The van der Waals surface area contributed by atoms with Crippen LogP contribution < -0.4 is 10.2 Å². The summed E-state index contributed by atoms with van der Waals surface area (Å²) in [5.41, 5.74) is 1.59. The lowest BCUT2D eigenvalue weighted by Gasteiger charge is -2.31. The van der Waals surface area contributed by atoms with E-state index < -0.39 is 23.5 Å². The Morgan fingerprint density at radius 1 is 1.18 bits per heavy atom. The first-order chi connectivity index (χ1) is 13.0. The summed E-state index contributed by atoms with van der Waals surface area (Å²) in [6.07, 6.45) is -4.58. The number of rotatable bonds is 5. The highest BCUT2D eigenvalue weighted by Gasteiger charge is 2.51. The lowest BCUT2D eigenvalue weighted by atomic mass is 9.93. The lowest BCUT2D eigenvalue weighted by Crippen LogP contribution is -2.43. The van der Waals surface area contributed by atoms with E-state index in [1.54, 1.807) is 44.2 Å². The molecule has 1 aliphatic rings. The summed E-state index contributed by atoms with van der Waals surface area (Å²) in [7, 11) is 0. The molecule has 1 amide bonds. The van der Waals surface area contributed by atoms with Gasteiger partial charge in [0, 0.05) is 11.9 Å². The molecule has 3 rings (SSSR count). The van der Waals surface area contributed by atoms with Gasteiger partial charge in [0.15, 0.2) is 6.04 Å². The quantitative estimate of drug-likeness (QED) is 0.788. The summed E-state index contributed by atoms with van der Waals surface area (Å²) in [6, 6.07) is 8.08. The molecule has 2 aromatic carbocycles. The van der Waals surface area contributed by atoms with Crippen molar-refractivity contribution in [3.63, 3.8) is 0 Å². The molecule has 1 saturated heterocycles. The Hall–Kier alpha value is -2.28. The van der Waals surface area contributed by atoms with Crippen molar-refractivity contribution in [1.29, 1.82) is 0 Å². The first-order valence-corrected chi connectivity index (χ1v) is 9.29. The van der Waals surface area contributed by atoms with Crippen molar-refractivity contribution >= 4 is 16.7 Å². The first-order valence-electron chi connectivity index (χ1n) is 9.29. The maximum atomic E-state index is 14.2. The Bertz CT molecular complexity index is 872. The number of fused-ring (bicyclic) bond motifs is 1. The predicted octanol–water partition coefficient (Wildman–Crippen LogP) is 4.85. The second-order valence-electron chi connectivity index (χ2n) is 8.30. The van der Waals surface area contributed by atoms with Crippen molar-refractivity contribution in [3.8, 4) is 5.75 Å². The van der Waals surface area contributed by atoms with E-state index in [2.05, 4.69) is 5.43 Å². The Morgan fingerprint density at radius 2 is 1.82 bits per heavy atom. The van der Waals surface area contributed by atoms with E-state index >= 15 is 0 Å². The highest BCUT2D eigenvalue weighted by Crippen LogP contribution is 2.44. The van der Waals surface area contributed by atoms with Crippen LogP contribution in [0.3, 0.4) is 0 Å². The van der Waals surface area contributed by atoms with E-state index in [9.17, 15) is 18.0 Å². The molecule has 1 heterocycles. The third-order valence-corrected chi connectivity index (χ3v) is 4.81. The number of hydrogen-bond donors (Lipinski definition) is 1. The molecule has 4 nitrogen and oxygen atoms in total. The largest absolute Gasteiger partial charge is 0.493 e. The summed E-state index contributed by atoms with van der Waals surface area (Å²) < 4.78 is 48.4. The van der Waals surface area contributed by atoms with Crippen molar-refractivity contribution in [2.45, 2.75) is 39.9 Å². The molecule has 152 valence electrons. The molecule has 2 aromatic rings. The van der Waals surface area contributed by atoms with Gasteiger partial charge in [0.25, 0.3) is 0 Å². The normalized spacial score (nSPS) is 18.5. The average Bonchev–Trinajstić information content (AvgIpc) is 2.84. The number of hydrogen-bond acceptors (Lipinski definition) is 3. The average molecular weight is 394 g/mol. The number of hydrazine groups is 1. The summed E-state index contributed by atoms with van der Waals surface area (Å²) in [5.74, 6) is 0.235. The van der Waals surface area contributed by atoms with Crippen LogP contribution in [0.15, 0.2) is 36.4 Å². The van der Waals surface area contributed by atoms with E-state index in [0.29, 0.717) is 23.1 Å². The van der Waals surface area contributed by atoms with Gasteiger partial charge >= 0.3 is 6.18 Å². The fourth-order valence-corrected chi connectivity index (χ4v) is 3.43. The van der Waals surface area contributed by atoms with Gasteiger partial charge in [-0.15, -0.1) is 0 Å². The molecule has 1 atom stereocenters. The van der Waals surface area contributed by atoms with Gasteiger partial charge in [-0.3, -0.25) is 10.2 Å². The van der Waals surface area contributed by atoms with Crippen LogP contribution in [0.2, 0.25) is 0 Å². The van der Waals surface area contributed by atoms with Crippen molar-refractivity contribution in [3.05, 3.63) is 42.0 Å². The molecule has 0 radical (unpaired) electrons. The zero-order chi connectivity index (χ0) is 20.7. The highest BCUT2D eigenvalue weighted by atomic mass is 19.4. The summed E-state index contributed by atoms with van der Waals surface area (Å²) in [4.78, 5) is 12.1. The minimum atomic E-state index is -4.58. The molecule has 0 spiro atoms. The van der Waals surface area contributed by atoms with Gasteiger partial charge in [-0.1, -0.05) is 44.2 Å². The topological polar surface area (TPSA) is 41.6 Å². The van der Waals surface area contributed by atoms with E-state index in [-0.39, 0.29) is 18.0 Å². The fraction of sp³-hybridized carbons (Fsp3) is 0.476. The Labute approximate surface area is 162 Å². The molecule has 0 saturated carbocycles. The number of nitrogens with zero attached hydrogens (tertiary/aromatic N) is 1. The molecule has 1 unspecified atom stereocenters. The molecule has 1 N–H and O–H groups in total.